The highest BCUT2D eigenvalue weighted by Gasteiger charge is 2.25. The molecule has 0 bridgehead atoms. The molecule has 3 N–H and O–H groups in total. The Bertz CT molecular complexity index is 1120. The Morgan fingerprint density at radius 1 is 1.10 bits per heavy atom. The van der Waals surface area contributed by atoms with E-state index in [-0.39, 0.29) is 16.9 Å². The Morgan fingerprint density at radius 2 is 1.83 bits per heavy atom. The predicted octanol–water partition coefficient (Wildman–Crippen LogP) is 0.521. The lowest BCUT2D eigenvalue weighted by atomic mass is 10.1. The maximum absolute atomic E-state index is 13.2. The number of ether oxygens (including phenoxy) is 2. The third-order valence-corrected chi connectivity index (χ3v) is 5.76. The summed E-state index contributed by atoms with van der Waals surface area (Å²) in [6, 6.07) is 10.2. The zero-order valence-electron chi connectivity index (χ0n) is 17.6. The van der Waals surface area contributed by atoms with E-state index < -0.39 is 0 Å². The quantitative estimate of drug-likeness (QED) is 0.570. The molecule has 158 valence electrons. The lowest BCUT2D eigenvalue weighted by molar-refractivity contribution is -1.01. The van der Waals surface area contributed by atoms with Gasteiger partial charge in [-0.3, -0.25) is 4.79 Å². The van der Waals surface area contributed by atoms with Crippen molar-refractivity contribution in [2.24, 2.45) is 0 Å². The van der Waals surface area contributed by atoms with Crippen molar-refractivity contribution in [2.45, 2.75) is 13.5 Å². The molecule has 1 aromatic heterocycles. The van der Waals surface area contributed by atoms with E-state index in [9.17, 15) is 9.90 Å². The number of quaternary nitrogens is 2. The second kappa shape index (κ2) is 8.38. The number of methoxy groups -OCH3 is 1. The van der Waals surface area contributed by atoms with Crippen molar-refractivity contribution in [1.29, 1.82) is 0 Å². The molecule has 1 aliphatic heterocycles. The molecule has 30 heavy (non-hydrogen) atoms. The number of fused-ring (bicyclic) bond motifs is 1. The smallest absolute Gasteiger partial charge is 0.235 e. The molecule has 2 aromatic carbocycles. The molecule has 1 fully saturated rings. The fourth-order valence-electron chi connectivity index (χ4n) is 3.92. The van der Waals surface area contributed by atoms with Crippen LogP contribution in [0.2, 0.25) is 0 Å². The monoisotopic (exact) mass is 412 g/mol. The molecule has 0 radical (unpaired) electrons. The summed E-state index contributed by atoms with van der Waals surface area (Å²) in [5, 5.41) is 10.9. The molecule has 0 unspecified atom stereocenters. The number of aryl methyl sites for hydroxylation is 1. The molecule has 2 heterocycles. The lowest BCUT2D eigenvalue weighted by Gasteiger charge is -2.27. The van der Waals surface area contributed by atoms with Crippen LogP contribution in [0, 0.1) is 6.92 Å². The van der Waals surface area contributed by atoms with Crippen molar-refractivity contribution in [1.82, 2.24) is 0 Å². The van der Waals surface area contributed by atoms with Crippen molar-refractivity contribution < 1.29 is 28.8 Å². The van der Waals surface area contributed by atoms with E-state index in [1.54, 1.807) is 50.4 Å². The number of piperazine rings is 1. The molecule has 0 atom stereocenters. The molecule has 4 rings (SSSR count). The van der Waals surface area contributed by atoms with Gasteiger partial charge >= 0.3 is 0 Å². The molecular formula is C23H28N2O5+2. The maximum Gasteiger partial charge on any atom is 0.235 e. The average Bonchev–Trinajstić information content (AvgIpc) is 2.75. The van der Waals surface area contributed by atoms with Gasteiger partial charge in [0.25, 0.3) is 0 Å². The van der Waals surface area contributed by atoms with Crippen molar-refractivity contribution in [2.75, 3.05) is 40.3 Å². The highest BCUT2D eigenvalue weighted by Crippen LogP contribution is 2.31. The summed E-state index contributed by atoms with van der Waals surface area (Å²) in [5.74, 6) is 1.81. The standard InChI is InChI=1S/C23H26N2O5/c1-15-22(30-17-6-4-5-16(13-17)28-3)21(27)18-7-8-20(26)19(23(18)29-15)14-25-11-9-24(2)10-12-25/h4-8,13,26H,9-12,14H2,1-3H3/p+2. The minimum absolute atomic E-state index is 0.142. The molecule has 0 saturated carbocycles. The van der Waals surface area contributed by atoms with Crippen LogP contribution in [-0.2, 0) is 6.54 Å². The van der Waals surface area contributed by atoms with Gasteiger partial charge in [0.05, 0.1) is 25.1 Å². The summed E-state index contributed by atoms with van der Waals surface area (Å²) in [4.78, 5) is 16.1. The summed E-state index contributed by atoms with van der Waals surface area (Å²) in [5.41, 5.74) is 0.861. The number of nitrogens with one attached hydrogen (secondary N) is 2. The van der Waals surface area contributed by atoms with E-state index in [1.165, 1.54) is 9.80 Å². The summed E-state index contributed by atoms with van der Waals surface area (Å²) < 4.78 is 17.1. The minimum Gasteiger partial charge on any atom is -0.507 e. The number of aromatic hydroxyl groups is 1. The van der Waals surface area contributed by atoms with Gasteiger partial charge in [0.2, 0.25) is 11.2 Å². The second-order valence-electron chi connectivity index (χ2n) is 7.92. The van der Waals surface area contributed by atoms with Crippen LogP contribution in [0.1, 0.15) is 11.3 Å². The van der Waals surface area contributed by atoms with E-state index in [4.69, 9.17) is 13.9 Å². The van der Waals surface area contributed by atoms with Gasteiger partial charge in [0, 0.05) is 6.07 Å². The molecule has 1 saturated heterocycles. The van der Waals surface area contributed by atoms with Crippen LogP contribution in [0.25, 0.3) is 11.0 Å². The Labute approximate surface area is 175 Å². The molecule has 3 aromatic rings. The number of phenolic OH excluding ortho intramolecular Hbond substituents is 1. The molecule has 0 amide bonds. The van der Waals surface area contributed by atoms with Crippen LogP contribution in [-0.4, -0.2) is 45.4 Å². The molecule has 7 heteroatoms. The Hall–Kier alpha value is -3.03. The Balaban J connectivity index is 1.72. The normalized spacial score (nSPS) is 19.0. The van der Waals surface area contributed by atoms with Crippen LogP contribution in [0.5, 0.6) is 23.0 Å². The van der Waals surface area contributed by atoms with Crippen LogP contribution >= 0.6 is 0 Å². The SMILES string of the molecule is COc1cccc(Oc2c(C)oc3c(C[NH+]4CC[NH+](C)CC4)c(O)ccc3c2=O)c1. The predicted molar refractivity (Wildman–Crippen MR) is 113 cm³/mol. The molecule has 0 aliphatic carbocycles. The van der Waals surface area contributed by atoms with Gasteiger partial charge < -0.3 is 28.8 Å². The molecular weight excluding hydrogens is 384 g/mol. The summed E-state index contributed by atoms with van der Waals surface area (Å²) >= 11 is 0. The Kier molecular flexibility index (Phi) is 5.65. The maximum atomic E-state index is 13.2. The van der Waals surface area contributed by atoms with Crippen molar-refractivity contribution in [3.05, 3.63) is 57.9 Å². The van der Waals surface area contributed by atoms with E-state index in [2.05, 4.69) is 7.05 Å². The average molecular weight is 412 g/mol. The third kappa shape index (κ3) is 3.99. The van der Waals surface area contributed by atoms with E-state index >= 15 is 0 Å². The molecule has 0 spiro atoms. The fraction of sp³-hybridized carbons (Fsp3) is 0.348. The number of hydrogen-bond donors (Lipinski definition) is 3. The van der Waals surface area contributed by atoms with Crippen LogP contribution in [0.3, 0.4) is 0 Å². The lowest BCUT2D eigenvalue weighted by Crippen LogP contribution is -3.26. The third-order valence-electron chi connectivity index (χ3n) is 5.76. The zero-order valence-corrected chi connectivity index (χ0v) is 17.6. The van der Waals surface area contributed by atoms with E-state index in [0.29, 0.717) is 40.3 Å². The van der Waals surface area contributed by atoms with Gasteiger partial charge in [-0.1, -0.05) is 6.07 Å². The number of rotatable bonds is 5. The first-order valence-electron chi connectivity index (χ1n) is 10.2. The van der Waals surface area contributed by atoms with Crippen LogP contribution in [0.15, 0.2) is 45.6 Å². The number of hydrogen-bond acceptors (Lipinski definition) is 5. The van der Waals surface area contributed by atoms with E-state index in [0.717, 1.165) is 26.2 Å². The first kappa shape index (κ1) is 20.3. The van der Waals surface area contributed by atoms with Gasteiger partial charge in [-0.25, -0.2) is 0 Å². The second-order valence-corrected chi connectivity index (χ2v) is 7.92. The highest BCUT2D eigenvalue weighted by molar-refractivity contribution is 5.83. The number of phenols is 1. The highest BCUT2D eigenvalue weighted by atomic mass is 16.5. The first-order valence-corrected chi connectivity index (χ1v) is 10.2. The summed E-state index contributed by atoms with van der Waals surface area (Å²) in [6.07, 6.45) is 0. The zero-order chi connectivity index (χ0) is 21.3. The Morgan fingerprint density at radius 3 is 2.57 bits per heavy atom. The van der Waals surface area contributed by atoms with Crippen molar-refractivity contribution in [3.63, 3.8) is 0 Å². The number of likely N-dealkylation sites (N-methyl/N-ethyl adjacent to an activating group) is 1. The van der Waals surface area contributed by atoms with Gasteiger partial charge in [-0.05, 0) is 31.2 Å². The van der Waals surface area contributed by atoms with Crippen LogP contribution < -0.4 is 24.7 Å². The van der Waals surface area contributed by atoms with Gasteiger partial charge in [0.15, 0.2) is 5.58 Å². The van der Waals surface area contributed by atoms with Crippen LogP contribution in [0.4, 0.5) is 0 Å². The topological polar surface area (TPSA) is 77.8 Å². The van der Waals surface area contributed by atoms with Crippen molar-refractivity contribution >= 4 is 11.0 Å². The van der Waals surface area contributed by atoms with Gasteiger partial charge in [-0.2, -0.15) is 0 Å². The number of benzene rings is 2. The minimum atomic E-state index is -0.254. The fourth-order valence-corrected chi connectivity index (χ4v) is 3.92. The summed E-state index contributed by atoms with van der Waals surface area (Å²) in [7, 11) is 3.77. The van der Waals surface area contributed by atoms with Crippen molar-refractivity contribution in [3.8, 4) is 23.0 Å². The van der Waals surface area contributed by atoms with Gasteiger partial charge in [0.1, 0.15) is 55.7 Å². The first-order chi connectivity index (χ1) is 14.5. The molecule has 1 aliphatic rings. The molecule has 7 nitrogen and oxygen atoms in total. The largest absolute Gasteiger partial charge is 0.507 e. The van der Waals surface area contributed by atoms with Gasteiger partial charge in [-0.15, -0.1) is 0 Å². The summed E-state index contributed by atoms with van der Waals surface area (Å²) in [6.45, 7) is 6.53. The van der Waals surface area contributed by atoms with E-state index in [1.807, 2.05) is 0 Å².